The molecule has 2 rings (SSSR count). The van der Waals surface area contributed by atoms with Crippen LogP contribution in [0.2, 0.25) is 0 Å². The first-order valence-electron chi connectivity index (χ1n) is 13.1. The Kier molecular flexibility index (Phi) is 16.7. The maximum absolute atomic E-state index is 10.1. The van der Waals surface area contributed by atoms with Gasteiger partial charge in [-0.1, -0.05) is 116 Å². The molecule has 0 amide bonds. The van der Waals surface area contributed by atoms with Gasteiger partial charge in [-0.25, -0.2) is 0 Å². The van der Waals surface area contributed by atoms with Crippen LogP contribution in [0.15, 0.2) is 48.5 Å². The number of phenols is 2. The molecule has 5 nitrogen and oxygen atoms in total. The topological polar surface area (TPSA) is 95.8 Å². The summed E-state index contributed by atoms with van der Waals surface area (Å²) in [5.41, 5.74) is 2.10. The maximum atomic E-state index is 10.1. The van der Waals surface area contributed by atoms with Crippen molar-refractivity contribution in [3.8, 4) is 11.5 Å². The summed E-state index contributed by atoms with van der Waals surface area (Å²) in [5.74, 6) is 0.547. The molecule has 0 aliphatic heterocycles. The second-order valence-corrected chi connectivity index (χ2v) is 10.4. The molecule has 0 aliphatic rings. The molecule has 0 unspecified atom stereocenters. The molecular weight excluding hydrogens is 459 g/mol. The van der Waals surface area contributed by atoms with Crippen LogP contribution in [0, 0.1) is 0 Å². The molecule has 0 atom stereocenters. The average molecular weight is 505 g/mol. The molecule has 2 aromatic rings. The first-order valence-corrected chi connectivity index (χ1v) is 14.2. The summed E-state index contributed by atoms with van der Waals surface area (Å²) < 4.78 is 4.49. The minimum atomic E-state index is -2.64. The van der Waals surface area contributed by atoms with Crippen molar-refractivity contribution in [3.63, 3.8) is 0 Å². The van der Waals surface area contributed by atoms with Crippen molar-refractivity contribution in [2.45, 2.75) is 103 Å². The van der Waals surface area contributed by atoms with Gasteiger partial charge in [-0.2, -0.15) is 8.60 Å². The van der Waals surface area contributed by atoms with Crippen LogP contribution in [0.25, 0.3) is 0 Å². The second-order valence-electron chi connectivity index (χ2n) is 9.66. The van der Waals surface area contributed by atoms with E-state index < -0.39 is 8.60 Å². The summed E-state index contributed by atoms with van der Waals surface area (Å²) in [4.78, 5) is 20.2. The minimum absolute atomic E-state index is 0.151. The summed E-state index contributed by atoms with van der Waals surface area (Å²) in [6, 6.07) is 14.4. The summed E-state index contributed by atoms with van der Waals surface area (Å²) in [5, 5.41) is 18.6. The molecule has 6 heteroatoms. The second kappa shape index (κ2) is 18.6. The zero-order valence-corrected chi connectivity index (χ0v) is 22.8. The summed E-state index contributed by atoms with van der Waals surface area (Å²) in [6.07, 6.45) is 15.4. The summed E-state index contributed by atoms with van der Waals surface area (Å²) in [7, 11) is -2.64. The fourth-order valence-corrected chi connectivity index (χ4v) is 4.28. The third kappa shape index (κ3) is 14.5. The van der Waals surface area contributed by atoms with Gasteiger partial charge in [-0.15, -0.1) is 0 Å². The molecule has 2 N–H and O–H groups in total. The Morgan fingerprint density at radius 1 is 0.629 bits per heavy atom. The van der Waals surface area contributed by atoms with E-state index in [1.54, 1.807) is 24.3 Å². The van der Waals surface area contributed by atoms with Crippen LogP contribution in [-0.4, -0.2) is 16.8 Å². The minimum Gasteiger partial charge on any atom is -0.820 e. The normalized spacial score (nSPS) is 11.4. The van der Waals surface area contributed by atoms with Crippen LogP contribution in [0.3, 0.4) is 0 Å². The Labute approximate surface area is 214 Å². The highest BCUT2D eigenvalue weighted by molar-refractivity contribution is 7.36. The van der Waals surface area contributed by atoms with Crippen LogP contribution in [0.1, 0.15) is 109 Å². The lowest BCUT2D eigenvalue weighted by Crippen LogP contribution is -2.18. The zero-order valence-electron chi connectivity index (χ0n) is 21.9. The monoisotopic (exact) mass is 504 g/mol. The standard InChI is InChI=1S/C15H16O2.C14H29O3P/c1-15(2,11-3-7-13(16)8-4-11)12-5-9-14(17)10-6-12;1-2-3-4-5-6-7-8-9-10-11-12-13-14-17-18(15)16/h3-10,16-17H,1-2H3;2-14H2,1H3/q;-2. The number of phenolic OH excluding ortho intramolecular Hbond substituents is 2. The lowest BCUT2D eigenvalue weighted by atomic mass is 9.78. The maximum Gasteiger partial charge on any atom is 0.115 e. The van der Waals surface area contributed by atoms with Gasteiger partial charge in [0.05, 0.1) is 0 Å². The Hall–Kier alpha value is -1.65. The van der Waals surface area contributed by atoms with E-state index in [1.807, 2.05) is 24.3 Å². The van der Waals surface area contributed by atoms with Gasteiger partial charge in [0.25, 0.3) is 0 Å². The molecule has 198 valence electrons. The van der Waals surface area contributed by atoms with Crippen LogP contribution in [0.4, 0.5) is 0 Å². The van der Waals surface area contributed by atoms with E-state index in [4.69, 9.17) is 0 Å². The lowest BCUT2D eigenvalue weighted by molar-refractivity contribution is -0.318. The first kappa shape index (κ1) is 31.4. The average Bonchev–Trinajstić information content (AvgIpc) is 2.83. The molecule has 0 fully saturated rings. The van der Waals surface area contributed by atoms with Gasteiger partial charge in [-0.3, -0.25) is 0 Å². The highest BCUT2D eigenvalue weighted by Gasteiger charge is 2.22. The zero-order chi connectivity index (χ0) is 25.9. The smallest absolute Gasteiger partial charge is 0.115 e. The SMILES string of the molecule is CC(C)(c1ccc(O)cc1)c1ccc(O)cc1.CCCCCCCCCCCCCCOP([O-])[O-]. The van der Waals surface area contributed by atoms with Crippen molar-refractivity contribution >= 4 is 8.60 Å². The van der Waals surface area contributed by atoms with Crippen LogP contribution < -0.4 is 9.79 Å². The van der Waals surface area contributed by atoms with Gasteiger partial charge in [0.2, 0.25) is 0 Å². The predicted octanol–water partition coefficient (Wildman–Crippen LogP) is 7.08. The molecule has 35 heavy (non-hydrogen) atoms. The number of hydrogen-bond acceptors (Lipinski definition) is 5. The number of rotatable bonds is 16. The van der Waals surface area contributed by atoms with Gasteiger partial charge in [0, 0.05) is 12.0 Å². The number of aromatic hydroxyl groups is 2. The third-order valence-electron chi connectivity index (χ3n) is 6.37. The fourth-order valence-electron chi connectivity index (χ4n) is 4.00. The number of hydrogen-bond donors (Lipinski definition) is 2. The largest absolute Gasteiger partial charge is 0.820 e. The highest BCUT2D eigenvalue weighted by atomic mass is 31.2. The Morgan fingerprint density at radius 3 is 1.31 bits per heavy atom. The van der Waals surface area contributed by atoms with E-state index in [-0.39, 0.29) is 16.9 Å². The molecule has 2 aromatic carbocycles. The van der Waals surface area contributed by atoms with Crippen molar-refractivity contribution in [1.29, 1.82) is 0 Å². The molecule has 0 spiro atoms. The van der Waals surface area contributed by atoms with E-state index in [0.29, 0.717) is 6.61 Å². The molecule has 0 saturated heterocycles. The van der Waals surface area contributed by atoms with Crippen molar-refractivity contribution in [2.24, 2.45) is 0 Å². The lowest BCUT2D eigenvalue weighted by Gasteiger charge is -2.28. The van der Waals surface area contributed by atoms with Gasteiger partial charge in [-0.05, 0) is 41.8 Å². The van der Waals surface area contributed by atoms with Gasteiger partial charge in [0.1, 0.15) is 11.5 Å². The van der Waals surface area contributed by atoms with Crippen molar-refractivity contribution in [3.05, 3.63) is 59.7 Å². The molecule has 0 bridgehead atoms. The number of benzene rings is 2. The van der Waals surface area contributed by atoms with Crippen LogP contribution in [0.5, 0.6) is 11.5 Å². The van der Waals surface area contributed by atoms with Gasteiger partial charge >= 0.3 is 0 Å². The summed E-state index contributed by atoms with van der Waals surface area (Å²) >= 11 is 0. The van der Waals surface area contributed by atoms with Crippen LogP contribution >= 0.6 is 8.60 Å². The Bertz CT molecular complexity index is 712. The predicted molar refractivity (Wildman–Crippen MR) is 142 cm³/mol. The van der Waals surface area contributed by atoms with Crippen LogP contribution in [-0.2, 0) is 9.94 Å². The van der Waals surface area contributed by atoms with E-state index >= 15 is 0 Å². The Morgan fingerprint density at radius 2 is 0.971 bits per heavy atom. The van der Waals surface area contributed by atoms with E-state index in [9.17, 15) is 20.0 Å². The van der Waals surface area contributed by atoms with E-state index in [2.05, 4.69) is 25.3 Å². The Balaban J connectivity index is 0.000000350. The van der Waals surface area contributed by atoms with Crippen molar-refractivity contribution in [2.75, 3.05) is 6.61 Å². The quantitative estimate of drug-likeness (QED) is 0.188. The molecule has 0 aromatic heterocycles. The fraction of sp³-hybridized carbons (Fsp3) is 0.586. The van der Waals surface area contributed by atoms with Gasteiger partial charge < -0.3 is 24.5 Å². The third-order valence-corrected chi connectivity index (χ3v) is 6.77. The van der Waals surface area contributed by atoms with Gasteiger partial charge in [0.15, 0.2) is 0 Å². The first-order chi connectivity index (χ1) is 16.8. The van der Waals surface area contributed by atoms with Crippen molar-refractivity contribution < 1.29 is 24.5 Å². The molecule has 0 radical (unpaired) electrons. The van der Waals surface area contributed by atoms with E-state index in [1.165, 1.54) is 64.2 Å². The molecule has 0 aliphatic carbocycles. The van der Waals surface area contributed by atoms with Crippen molar-refractivity contribution in [1.82, 2.24) is 0 Å². The molecule has 0 saturated carbocycles. The summed E-state index contributed by atoms with van der Waals surface area (Å²) in [6.45, 7) is 6.84. The molecular formula is C29H45O5P-2. The highest BCUT2D eigenvalue weighted by Crippen LogP contribution is 2.32. The molecule has 0 heterocycles. The number of unbranched alkanes of at least 4 members (excludes halogenated alkanes) is 11. The van der Waals surface area contributed by atoms with E-state index in [0.717, 1.165) is 24.0 Å².